The quantitative estimate of drug-likeness (QED) is 0.676. The van der Waals surface area contributed by atoms with Crippen molar-refractivity contribution in [1.29, 1.82) is 5.26 Å². The van der Waals surface area contributed by atoms with E-state index in [2.05, 4.69) is 21.7 Å². The van der Waals surface area contributed by atoms with Gasteiger partial charge in [-0.15, -0.1) is 0 Å². The lowest BCUT2D eigenvalue weighted by atomic mass is 10.2. The molecule has 0 fully saturated rings. The number of rotatable bonds is 5. The first-order valence-corrected chi connectivity index (χ1v) is 8.35. The second kappa shape index (κ2) is 8.21. The highest BCUT2D eigenvalue weighted by atomic mass is 35.5. The Morgan fingerprint density at radius 2 is 2.00 bits per heavy atom. The molecule has 0 saturated heterocycles. The molecule has 2 aromatic carbocycles. The van der Waals surface area contributed by atoms with Crippen LogP contribution in [-0.4, -0.2) is 18.0 Å². The highest BCUT2D eigenvalue weighted by molar-refractivity contribution is 6.31. The zero-order valence-corrected chi connectivity index (χ0v) is 15.1. The van der Waals surface area contributed by atoms with Crippen LogP contribution in [0, 0.1) is 11.3 Å². The summed E-state index contributed by atoms with van der Waals surface area (Å²) < 4.78 is 5.21. The number of nitrogens with zero attached hydrogens (tertiary/aromatic N) is 2. The largest absolute Gasteiger partial charge is 0.495 e. The molecule has 7 heteroatoms. The minimum atomic E-state index is -0.381. The molecule has 0 saturated carbocycles. The topological polar surface area (TPSA) is 87.0 Å². The highest BCUT2D eigenvalue weighted by Crippen LogP contribution is 2.28. The van der Waals surface area contributed by atoms with Gasteiger partial charge < -0.3 is 15.4 Å². The van der Waals surface area contributed by atoms with Gasteiger partial charge in [0.05, 0.1) is 36.3 Å². The molecule has 0 atom stereocenters. The van der Waals surface area contributed by atoms with Crippen molar-refractivity contribution in [2.75, 3.05) is 17.7 Å². The Labute approximate surface area is 161 Å². The molecule has 27 heavy (non-hydrogen) atoms. The predicted octanol–water partition coefficient (Wildman–Crippen LogP) is 4.61. The van der Waals surface area contributed by atoms with Gasteiger partial charge in [0.15, 0.2) is 0 Å². The fourth-order valence-corrected chi connectivity index (χ4v) is 2.57. The summed E-state index contributed by atoms with van der Waals surface area (Å²) >= 11 is 5.97. The number of carbonyl (C=O) groups excluding carboxylic acids is 1. The molecule has 1 amide bonds. The van der Waals surface area contributed by atoms with Crippen LogP contribution in [0.5, 0.6) is 5.75 Å². The van der Waals surface area contributed by atoms with E-state index in [9.17, 15) is 4.79 Å². The number of aromatic nitrogens is 1. The predicted molar refractivity (Wildman–Crippen MR) is 105 cm³/mol. The first-order valence-electron chi connectivity index (χ1n) is 7.97. The first kappa shape index (κ1) is 18.2. The number of nitrogens with one attached hydrogen (secondary N) is 2. The molecule has 3 aromatic rings. The molecule has 0 aliphatic carbocycles. The van der Waals surface area contributed by atoms with Crippen molar-refractivity contribution in [2.45, 2.75) is 0 Å². The molecule has 0 spiro atoms. The van der Waals surface area contributed by atoms with Crippen molar-refractivity contribution in [2.24, 2.45) is 0 Å². The van der Waals surface area contributed by atoms with E-state index in [1.807, 2.05) is 6.07 Å². The number of halogens is 1. The summed E-state index contributed by atoms with van der Waals surface area (Å²) in [7, 11) is 1.51. The van der Waals surface area contributed by atoms with Crippen LogP contribution in [0.25, 0.3) is 0 Å². The van der Waals surface area contributed by atoms with Crippen LogP contribution in [0.4, 0.5) is 17.1 Å². The summed E-state index contributed by atoms with van der Waals surface area (Å²) in [5.74, 6) is 0.122. The summed E-state index contributed by atoms with van der Waals surface area (Å²) in [6.07, 6.45) is 1.54. The number of amides is 1. The second-order valence-electron chi connectivity index (χ2n) is 5.55. The normalized spacial score (nSPS) is 9.96. The number of hydrogen-bond acceptors (Lipinski definition) is 5. The molecule has 0 radical (unpaired) electrons. The third-order valence-corrected chi connectivity index (χ3v) is 3.92. The zero-order valence-electron chi connectivity index (χ0n) is 14.4. The van der Waals surface area contributed by atoms with Crippen molar-refractivity contribution in [3.8, 4) is 11.8 Å². The smallest absolute Gasteiger partial charge is 0.274 e. The van der Waals surface area contributed by atoms with Crippen LogP contribution in [0.2, 0.25) is 5.02 Å². The van der Waals surface area contributed by atoms with Crippen LogP contribution in [0.1, 0.15) is 16.1 Å². The molecule has 0 aliphatic rings. The molecular formula is C20H15ClN4O2. The SMILES string of the molecule is COc1ccc(Cl)cc1NC(=O)c1ccc(Nc2cccc(C#N)c2)cn1. The van der Waals surface area contributed by atoms with E-state index in [1.165, 1.54) is 7.11 Å². The molecule has 1 aromatic heterocycles. The summed E-state index contributed by atoms with van der Waals surface area (Å²) in [6, 6.07) is 17.5. The standard InChI is InChI=1S/C20H15ClN4O2/c1-27-19-8-5-14(21)10-18(19)25-20(26)17-7-6-16(12-23-17)24-15-4-2-3-13(9-15)11-22/h2-10,12,24H,1H3,(H,25,26). The van der Waals surface area contributed by atoms with Crippen LogP contribution in [0.3, 0.4) is 0 Å². The van der Waals surface area contributed by atoms with Gasteiger partial charge >= 0.3 is 0 Å². The van der Waals surface area contributed by atoms with Gasteiger partial charge in [-0.2, -0.15) is 5.26 Å². The van der Waals surface area contributed by atoms with Gasteiger partial charge in [-0.25, -0.2) is 4.98 Å². The molecule has 0 aliphatic heterocycles. The van der Waals surface area contributed by atoms with Crippen LogP contribution in [0.15, 0.2) is 60.8 Å². The number of nitriles is 1. The van der Waals surface area contributed by atoms with Crippen molar-refractivity contribution in [3.05, 3.63) is 77.1 Å². The van der Waals surface area contributed by atoms with Gasteiger partial charge in [0, 0.05) is 10.7 Å². The summed E-state index contributed by atoms with van der Waals surface area (Å²) in [5.41, 5.74) is 2.72. The van der Waals surface area contributed by atoms with Gasteiger partial charge in [-0.3, -0.25) is 4.79 Å². The minimum absolute atomic E-state index is 0.244. The Hall–Kier alpha value is -3.56. The number of anilines is 3. The van der Waals surface area contributed by atoms with Gasteiger partial charge in [0.1, 0.15) is 11.4 Å². The van der Waals surface area contributed by atoms with Crippen molar-refractivity contribution in [1.82, 2.24) is 4.98 Å². The number of hydrogen-bond donors (Lipinski definition) is 2. The van der Waals surface area contributed by atoms with Crippen molar-refractivity contribution in [3.63, 3.8) is 0 Å². The summed E-state index contributed by atoms with van der Waals surface area (Å²) in [6.45, 7) is 0. The average Bonchev–Trinajstić information content (AvgIpc) is 2.69. The minimum Gasteiger partial charge on any atom is -0.495 e. The number of pyridine rings is 1. The van der Waals surface area contributed by atoms with E-state index in [4.69, 9.17) is 21.6 Å². The van der Waals surface area contributed by atoms with Crippen LogP contribution >= 0.6 is 11.6 Å². The number of methoxy groups -OCH3 is 1. The number of carbonyl (C=O) groups is 1. The fourth-order valence-electron chi connectivity index (χ4n) is 2.40. The average molecular weight is 379 g/mol. The lowest BCUT2D eigenvalue weighted by Crippen LogP contribution is -2.14. The molecule has 0 unspecified atom stereocenters. The van der Waals surface area contributed by atoms with E-state index >= 15 is 0 Å². The Morgan fingerprint density at radius 1 is 1.15 bits per heavy atom. The zero-order chi connectivity index (χ0) is 19.2. The van der Waals surface area contributed by atoms with E-state index in [1.54, 1.807) is 54.7 Å². The van der Waals surface area contributed by atoms with Crippen LogP contribution in [-0.2, 0) is 0 Å². The van der Waals surface area contributed by atoms with Gasteiger partial charge in [0.2, 0.25) is 0 Å². The van der Waals surface area contributed by atoms with Gasteiger partial charge in [-0.1, -0.05) is 17.7 Å². The number of ether oxygens (including phenoxy) is 1. The molecule has 6 nitrogen and oxygen atoms in total. The Morgan fingerprint density at radius 3 is 2.70 bits per heavy atom. The third kappa shape index (κ3) is 4.54. The maximum Gasteiger partial charge on any atom is 0.274 e. The first-order chi connectivity index (χ1) is 13.1. The summed E-state index contributed by atoms with van der Waals surface area (Å²) in [5, 5.41) is 15.3. The Kier molecular flexibility index (Phi) is 5.55. The third-order valence-electron chi connectivity index (χ3n) is 3.69. The van der Waals surface area contributed by atoms with E-state index in [-0.39, 0.29) is 11.6 Å². The maximum absolute atomic E-state index is 12.4. The molecule has 3 rings (SSSR count). The van der Waals surface area contributed by atoms with Crippen molar-refractivity contribution < 1.29 is 9.53 Å². The lowest BCUT2D eigenvalue weighted by molar-refractivity contribution is 0.102. The molecule has 2 N–H and O–H groups in total. The Balaban J connectivity index is 1.72. The van der Waals surface area contributed by atoms with E-state index in [0.717, 1.165) is 5.69 Å². The van der Waals surface area contributed by atoms with E-state index < -0.39 is 0 Å². The monoisotopic (exact) mass is 378 g/mol. The van der Waals surface area contributed by atoms with Gasteiger partial charge in [0.25, 0.3) is 5.91 Å². The van der Waals surface area contributed by atoms with E-state index in [0.29, 0.717) is 27.7 Å². The second-order valence-corrected chi connectivity index (χ2v) is 5.98. The number of benzene rings is 2. The lowest BCUT2D eigenvalue weighted by Gasteiger charge is -2.11. The fraction of sp³-hybridized carbons (Fsp3) is 0.0500. The molecule has 1 heterocycles. The molecule has 134 valence electrons. The van der Waals surface area contributed by atoms with Crippen molar-refractivity contribution >= 4 is 34.6 Å². The molecule has 0 bridgehead atoms. The Bertz CT molecular complexity index is 1010. The van der Waals surface area contributed by atoms with Gasteiger partial charge in [-0.05, 0) is 48.5 Å². The molecular weight excluding hydrogens is 364 g/mol. The highest BCUT2D eigenvalue weighted by Gasteiger charge is 2.11. The summed E-state index contributed by atoms with van der Waals surface area (Å²) in [4.78, 5) is 16.6. The van der Waals surface area contributed by atoms with Crippen LogP contribution < -0.4 is 15.4 Å². The maximum atomic E-state index is 12.4.